The molecule has 0 aromatic heterocycles. The number of nitrogens with one attached hydrogen (secondary N) is 2. The molecule has 7 nitrogen and oxygen atoms in total. The van der Waals surface area contributed by atoms with Crippen LogP contribution in [-0.4, -0.2) is 31.1 Å². The van der Waals surface area contributed by atoms with Gasteiger partial charge in [0.25, 0.3) is 0 Å². The van der Waals surface area contributed by atoms with E-state index < -0.39 is 23.6 Å². The summed E-state index contributed by atoms with van der Waals surface area (Å²) in [5.74, 6) is -2.80. The number of benzene rings is 2. The van der Waals surface area contributed by atoms with Crippen LogP contribution in [0.5, 0.6) is 0 Å². The molecule has 0 atom stereocenters. The molecular formula is C17H14FN3O4. The van der Waals surface area contributed by atoms with E-state index in [0.717, 1.165) is 0 Å². The minimum Gasteiger partial charge on any atom is -0.465 e. The largest absolute Gasteiger partial charge is 0.465 e. The van der Waals surface area contributed by atoms with Crippen LogP contribution in [0.4, 0.5) is 10.1 Å². The number of carbonyl (C=O) groups is 3. The van der Waals surface area contributed by atoms with Crippen molar-refractivity contribution in [3.05, 3.63) is 65.5 Å². The van der Waals surface area contributed by atoms with Crippen LogP contribution in [0.15, 0.2) is 53.6 Å². The third kappa shape index (κ3) is 5.24. The molecule has 25 heavy (non-hydrogen) atoms. The van der Waals surface area contributed by atoms with Gasteiger partial charge in [0.05, 0.1) is 18.9 Å². The first kappa shape index (κ1) is 17.8. The average Bonchev–Trinajstić information content (AvgIpc) is 2.63. The van der Waals surface area contributed by atoms with Gasteiger partial charge in [0.15, 0.2) is 0 Å². The van der Waals surface area contributed by atoms with E-state index in [9.17, 15) is 18.8 Å². The number of hydrazone groups is 1. The van der Waals surface area contributed by atoms with Crippen molar-refractivity contribution in [1.82, 2.24) is 5.43 Å². The molecule has 2 aromatic carbocycles. The lowest BCUT2D eigenvalue weighted by Crippen LogP contribution is -2.32. The standard InChI is InChI=1S/C17H14FN3O4/c1-25-17(24)12-4-8-14(9-5-12)20-15(22)16(23)21-19-10-11-2-6-13(18)7-3-11/h2-10H,1H3,(H,20,22)(H,21,23)/b19-10-. The lowest BCUT2D eigenvalue weighted by Gasteiger charge is -2.05. The van der Waals surface area contributed by atoms with Crippen LogP contribution in [-0.2, 0) is 14.3 Å². The maximum Gasteiger partial charge on any atom is 0.337 e. The van der Waals surface area contributed by atoms with Gasteiger partial charge in [-0.15, -0.1) is 0 Å². The number of hydrogen-bond acceptors (Lipinski definition) is 5. The molecule has 0 radical (unpaired) electrons. The summed E-state index contributed by atoms with van der Waals surface area (Å²) in [5.41, 5.74) is 3.25. The Kier molecular flexibility index (Phi) is 5.94. The second-order valence-electron chi connectivity index (χ2n) is 4.77. The molecule has 0 spiro atoms. The van der Waals surface area contributed by atoms with Crippen LogP contribution < -0.4 is 10.7 Å². The van der Waals surface area contributed by atoms with Crippen molar-refractivity contribution in [3.63, 3.8) is 0 Å². The van der Waals surface area contributed by atoms with E-state index in [2.05, 4.69) is 20.6 Å². The van der Waals surface area contributed by atoms with Gasteiger partial charge in [-0.3, -0.25) is 9.59 Å². The molecule has 2 N–H and O–H groups in total. The first-order valence-electron chi connectivity index (χ1n) is 7.08. The number of nitrogens with zero attached hydrogens (tertiary/aromatic N) is 1. The first-order valence-corrected chi connectivity index (χ1v) is 7.08. The van der Waals surface area contributed by atoms with Gasteiger partial charge in [-0.25, -0.2) is 14.6 Å². The average molecular weight is 343 g/mol. The molecule has 128 valence electrons. The number of amides is 2. The number of carbonyl (C=O) groups excluding carboxylic acids is 3. The smallest absolute Gasteiger partial charge is 0.337 e. The maximum absolute atomic E-state index is 12.7. The number of halogens is 1. The topological polar surface area (TPSA) is 96.9 Å². The van der Waals surface area contributed by atoms with Crippen LogP contribution in [0.3, 0.4) is 0 Å². The second-order valence-corrected chi connectivity index (χ2v) is 4.77. The predicted molar refractivity (Wildman–Crippen MR) is 88.5 cm³/mol. The Morgan fingerprint density at radius 3 is 2.24 bits per heavy atom. The number of ether oxygens (including phenoxy) is 1. The van der Waals surface area contributed by atoms with Crippen LogP contribution in [0, 0.1) is 5.82 Å². The van der Waals surface area contributed by atoms with Gasteiger partial charge < -0.3 is 10.1 Å². The molecule has 2 aromatic rings. The lowest BCUT2D eigenvalue weighted by molar-refractivity contribution is -0.136. The Bertz CT molecular complexity index is 802. The fourth-order valence-electron chi connectivity index (χ4n) is 1.76. The van der Waals surface area contributed by atoms with Gasteiger partial charge in [-0.05, 0) is 42.0 Å². The van der Waals surface area contributed by atoms with Gasteiger partial charge in [0, 0.05) is 5.69 Å². The van der Waals surface area contributed by atoms with E-state index >= 15 is 0 Å². The zero-order chi connectivity index (χ0) is 18.2. The highest BCUT2D eigenvalue weighted by Gasteiger charge is 2.13. The lowest BCUT2D eigenvalue weighted by atomic mass is 10.2. The van der Waals surface area contributed by atoms with E-state index in [4.69, 9.17) is 0 Å². The molecule has 0 aliphatic carbocycles. The van der Waals surface area contributed by atoms with Gasteiger partial charge in [-0.2, -0.15) is 5.10 Å². The number of esters is 1. The Labute approximate surface area is 142 Å². The summed E-state index contributed by atoms with van der Waals surface area (Å²) in [4.78, 5) is 34.7. The molecule has 0 fully saturated rings. The summed E-state index contributed by atoms with van der Waals surface area (Å²) >= 11 is 0. The van der Waals surface area contributed by atoms with Crippen molar-refractivity contribution in [2.24, 2.45) is 5.10 Å². The molecule has 0 heterocycles. The molecule has 0 aliphatic heterocycles. The van der Waals surface area contributed by atoms with Crippen LogP contribution >= 0.6 is 0 Å². The Morgan fingerprint density at radius 2 is 1.64 bits per heavy atom. The van der Waals surface area contributed by atoms with Gasteiger partial charge in [-0.1, -0.05) is 12.1 Å². The van der Waals surface area contributed by atoms with Crippen molar-refractivity contribution in [3.8, 4) is 0 Å². The molecule has 0 saturated carbocycles. The maximum atomic E-state index is 12.7. The highest BCUT2D eigenvalue weighted by Crippen LogP contribution is 2.10. The highest BCUT2D eigenvalue weighted by molar-refractivity contribution is 6.39. The Balaban J connectivity index is 1.88. The van der Waals surface area contributed by atoms with Crippen molar-refractivity contribution in [2.75, 3.05) is 12.4 Å². The van der Waals surface area contributed by atoms with E-state index in [0.29, 0.717) is 16.8 Å². The molecule has 8 heteroatoms. The summed E-state index contributed by atoms with van der Waals surface area (Å²) < 4.78 is 17.3. The van der Waals surface area contributed by atoms with E-state index in [-0.39, 0.29) is 0 Å². The summed E-state index contributed by atoms with van der Waals surface area (Å²) in [6.07, 6.45) is 1.27. The minimum absolute atomic E-state index is 0.314. The van der Waals surface area contributed by atoms with Crippen LogP contribution in [0.1, 0.15) is 15.9 Å². The molecule has 0 saturated heterocycles. The Morgan fingerprint density at radius 1 is 1.00 bits per heavy atom. The molecule has 0 unspecified atom stereocenters. The molecular weight excluding hydrogens is 329 g/mol. The second kappa shape index (κ2) is 8.34. The fourth-order valence-corrected chi connectivity index (χ4v) is 1.76. The summed E-state index contributed by atoms with van der Waals surface area (Å²) in [6, 6.07) is 11.2. The van der Waals surface area contributed by atoms with Crippen LogP contribution in [0.2, 0.25) is 0 Å². The van der Waals surface area contributed by atoms with Crippen molar-refractivity contribution in [2.45, 2.75) is 0 Å². The summed E-state index contributed by atoms with van der Waals surface area (Å²) in [7, 11) is 1.26. The highest BCUT2D eigenvalue weighted by atomic mass is 19.1. The quantitative estimate of drug-likeness (QED) is 0.382. The van der Waals surface area contributed by atoms with Gasteiger partial charge in [0.1, 0.15) is 5.82 Å². The third-order valence-corrected chi connectivity index (χ3v) is 3.02. The normalized spacial score (nSPS) is 10.3. The van der Waals surface area contributed by atoms with Crippen molar-refractivity contribution in [1.29, 1.82) is 0 Å². The fraction of sp³-hybridized carbons (Fsp3) is 0.0588. The third-order valence-electron chi connectivity index (χ3n) is 3.02. The Hall–Kier alpha value is -3.55. The van der Waals surface area contributed by atoms with Gasteiger partial charge in [0.2, 0.25) is 0 Å². The first-order chi connectivity index (χ1) is 12.0. The number of hydrogen-bond donors (Lipinski definition) is 2. The molecule has 0 bridgehead atoms. The monoisotopic (exact) mass is 343 g/mol. The molecule has 2 amide bonds. The summed E-state index contributed by atoms with van der Waals surface area (Å²) in [6.45, 7) is 0. The predicted octanol–water partition coefficient (Wildman–Crippen LogP) is 1.70. The van der Waals surface area contributed by atoms with E-state index in [1.165, 1.54) is 61.9 Å². The molecule has 0 aliphatic rings. The van der Waals surface area contributed by atoms with Crippen molar-refractivity contribution >= 4 is 29.7 Å². The zero-order valence-electron chi connectivity index (χ0n) is 13.2. The van der Waals surface area contributed by atoms with Crippen LogP contribution in [0.25, 0.3) is 0 Å². The number of anilines is 1. The number of methoxy groups -OCH3 is 1. The zero-order valence-corrected chi connectivity index (χ0v) is 13.2. The SMILES string of the molecule is COC(=O)c1ccc(NC(=O)C(=O)N/N=C\c2ccc(F)cc2)cc1. The van der Waals surface area contributed by atoms with E-state index in [1.54, 1.807) is 0 Å². The molecule has 2 rings (SSSR count). The minimum atomic E-state index is -0.976. The van der Waals surface area contributed by atoms with Gasteiger partial charge >= 0.3 is 17.8 Å². The van der Waals surface area contributed by atoms with E-state index in [1.807, 2.05) is 0 Å². The van der Waals surface area contributed by atoms with Crippen molar-refractivity contribution < 1.29 is 23.5 Å². The number of rotatable bonds is 4. The summed E-state index contributed by atoms with van der Waals surface area (Å²) in [5, 5.41) is 5.97.